The van der Waals surface area contributed by atoms with Crippen molar-refractivity contribution < 1.29 is 9.32 Å². The predicted molar refractivity (Wildman–Crippen MR) is 85.7 cm³/mol. The van der Waals surface area contributed by atoms with Gasteiger partial charge in [0.15, 0.2) is 17.3 Å². The number of aryl methyl sites for hydroxylation is 2. The van der Waals surface area contributed by atoms with E-state index in [1.807, 2.05) is 31.2 Å². The first-order valence-corrected chi connectivity index (χ1v) is 7.02. The Hall–Kier alpha value is -3.22. The third-order valence-corrected chi connectivity index (χ3v) is 3.06. The van der Waals surface area contributed by atoms with Gasteiger partial charge in [-0.2, -0.15) is 0 Å². The molecule has 7 heteroatoms. The second-order valence-corrected chi connectivity index (χ2v) is 5.08. The summed E-state index contributed by atoms with van der Waals surface area (Å²) in [5.41, 5.74) is 2.02. The maximum absolute atomic E-state index is 12.1. The number of anilines is 3. The highest BCUT2D eigenvalue weighted by Gasteiger charge is 2.09. The Morgan fingerprint density at radius 2 is 1.91 bits per heavy atom. The summed E-state index contributed by atoms with van der Waals surface area (Å²) >= 11 is 0. The molecule has 0 spiro atoms. The van der Waals surface area contributed by atoms with E-state index < -0.39 is 0 Å². The van der Waals surface area contributed by atoms with Gasteiger partial charge in [0.2, 0.25) is 0 Å². The summed E-state index contributed by atoms with van der Waals surface area (Å²) in [6.07, 6.45) is 0. The van der Waals surface area contributed by atoms with Crippen LogP contribution in [0, 0.1) is 13.8 Å². The van der Waals surface area contributed by atoms with Crippen molar-refractivity contribution in [2.45, 2.75) is 13.8 Å². The predicted octanol–water partition coefficient (Wildman–Crippen LogP) is 3.08. The van der Waals surface area contributed by atoms with Crippen molar-refractivity contribution in [1.82, 2.24) is 15.4 Å². The number of aromatic nitrogens is 3. The molecule has 0 fully saturated rings. The summed E-state index contributed by atoms with van der Waals surface area (Å²) in [7, 11) is 0. The van der Waals surface area contributed by atoms with Crippen LogP contribution in [0.5, 0.6) is 0 Å². The molecule has 2 heterocycles. The molecule has 1 amide bonds. The summed E-state index contributed by atoms with van der Waals surface area (Å²) in [4.78, 5) is 12.1. The first kappa shape index (κ1) is 14.7. The highest BCUT2D eigenvalue weighted by atomic mass is 16.5. The van der Waals surface area contributed by atoms with Gasteiger partial charge in [0, 0.05) is 11.8 Å². The van der Waals surface area contributed by atoms with E-state index in [9.17, 15) is 4.79 Å². The number of amides is 1. The molecular formula is C16H15N5O2. The number of benzene rings is 1. The minimum Gasteiger partial charge on any atom is -0.360 e. The second kappa shape index (κ2) is 6.27. The topological polar surface area (TPSA) is 92.9 Å². The summed E-state index contributed by atoms with van der Waals surface area (Å²) in [5, 5.41) is 17.4. The molecule has 0 aliphatic heterocycles. The zero-order chi connectivity index (χ0) is 16.2. The van der Waals surface area contributed by atoms with Crippen LogP contribution in [0.2, 0.25) is 0 Å². The molecule has 1 aromatic carbocycles. The van der Waals surface area contributed by atoms with E-state index in [0.29, 0.717) is 17.4 Å². The van der Waals surface area contributed by atoms with Crippen molar-refractivity contribution in [3.05, 3.63) is 59.5 Å². The Labute approximate surface area is 132 Å². The van der Waals surface area contributed by atoms with Crippen LogP contribution in [0.25, 0.3) is 0 Å². The van der Waals surface area contributed by atoms with Crippen molar-refractivity contribution in [2.24, 2.45) is 0 Å². The van der Waals surface area contributed by atoms with E-state index in [4.69, 9.17) is 4.52 Å². The Kier molecular flexibility index (Phi) is 4.01. The average molecular weight is 309 g/mol. The van der Waals surface area contributed by atoms with Crippen LogP contribution < -0.4 is 10.6 Å². The third-order valence-electron chi connectivity index (χ3n) is 3.06. The molecule has 3 rings (SSSR count). The molecule has 116 valence electrons. The molecule has 0 atom stereocenters. The number of hydrogen-bond donors (Lipinski definition) is 2. The molecule has 3 aromatic rings. The quantitative estimate of drug-likeness (QED) is 0.769. The van der Waals surface area contributed by atoms with E-state index in [1.165, 1.54) is 0 Å². The maximum Gasteiger partial charge on any atom is 0.276 e. The average Bonchev–Trinajstić information content (AvgIpc) is 2.93. The molecule has 0 aliphatic carbocycles. The summed E-state index contributed by atoms with van der Waals surface area (Å²) in [6.45, 7) is 3.75. The molecule has 0 saturated heterocycles. The van der Waals surface area contributed by atoms with Crippen LogP contribution in [0.15, 0.2) is 47.0 Å². The molecular weight excluding hydrogens is 294 g/mol. The summed E-state index contributed by atoms with van der Waals surface area (Å²) < 4.78 is 4.95. The van der Waals surface area contributed by atoms with Gasteiger partial charge in [0.05, 0.1) is 0 Å². The summed E-state index contributed by atoms with van der Waals surface area (Å²) in [5.74, 6) is 1.39. The zero-order valence-corrected chi connectivity index (χ0v) is 12.7. The Morgan fingerprint density at radius 3 is 2.57 bits per heavy atom. The van der Waals surface area contributed by atoms with Gasteiger partial charge in [-0.15, -0.1) is 10.2 Å². The monoisotopic (exact) mass is 309 g/mol. The van der Waals surface area contributed by atoms with Crippen molar-refractivity contribution in [3.8, 4) is 0 Å². The van der Waals surface area contributed by atoms with E-state index >= 15 is 0 Å². The maximum atomic E-state index is 12.1. The van der Waals surface area contributed by atoms with Gasteiger partial charge in [0.25, 0.3) is 5.91 Å². The number of rotatable bonds is 4. The first-order valence-electron chi connectivity index (χ1n) is 7.02. The van der Waals surface area contributed by atoms with Crippen molar-refractivity contribution in [2.75, 3.05) is 10.6 Å². The van der Waals surface area contributed by atoms with Crippen LogP contribution in [0.1, 0.15) is 21.8 Å². The Morgan fingerprint density at radius 1 is 1.04 bits per heavy atom. The molecule has 0 saturated carbocycles. The fourth-order valence-electron chi connectivity index (χ4n) is 1.99. The minimum absolute atomic E-state index is 0.230. The van der Waals surface area contributed by atoms with Crippen molar-refractivity contribution >= 4 is 23.2 Å². The van der Waals surface area contributed by atoms with Gasteiger partial charge in [-0.1, -0.05) is 17.3 Å². The largest absolute Gasteiger partial charge is 0.360 e. The van der Waals surface area contributed by atoms with Crippen LogP contribution in [-0.4, -0.2) is 21.3 Å². The molecule has 7 nitrogen and oxygen atoms in total. The highest BCUT2D eigenvalue weighted by Crippen LogP contribution is 2.14. The van der Waals surface area contributed by atoms with E-state index in [2.05, 4.69) is 26.0 Å². The Bertz CT molecular complexity index is 826. The fraction of sp³-hybridized carbons (Fsp3) is 0.125. The lowest BCUT2D eigenvalue weighted by Gasteiger charge is -2.05. The molecule has 0 radical (unpaired) electrons. The van der Waals surface area contributed by atoms with Crippen LogP contribution in [0.4, 0.5) is 17.3 Å². The van der Waals surface area contributed by atoms with Gasteiger partial charge in [-0.3, -0.25) is 4.79 Å². The summed E-state index contributed by atoms with van der Waals surface area (Å²) in [6, 6.07) is 12.5. The third kappa shape index (κ3) is 3.70. The molecule has 0 bridgehead atoms. The number of carbonyl (C=O) groups is 1. The first-order chi connectivity index (χ1) is 11.1. The SMILES string of the molecule is Cc1cccc(NC(=O)c2ccc(Nc3cc(C)on3)nn2)c1. The van der Waals surface area contributed by atoms with Gasteiger partial charge in [-0.25, -0.2) is 0 Å². The van der Waals surface area contributed by atoms with Crippen molar-refractivity contribution in [1.29, 1.82) is 0 Å². The minimum atomic E-state index is -0.313. The van der Waals surface area contributed by atoms with Crippen LogP contribution in [-0.2, 0) is 0 Å². The molecule has 23 heavy (non-hydrogen) atoms. The number of carbonyl (C=O) groups excluding carboxylic acids is 1. The van der Waals surface area contributed by atoms with E-state index in [0.717, 1.165) is 11.3 Å². The molecule has 2 aromatic heterocycles. The second-order valence-electron chi connectivity index (χ2n) is 5.08. The van der Waals surface area contributed by atoms with E-state index in [-0.39, 0.29) is 11.6 Å². The number of hydrogen-bond acceptors (Lipinski definition) is 6. The smallest absolute Gasteiger partial charge is 0.276 e. The number of nitrogens with one attached hydrogen (secondary N) is 2. The zero-order valence-electron chi connectivity index (χ0n) is 12.7. The molecule has 2 N–H and O–H groups in total. The van der Waals surface area contributed by atoms with Crippen LogP contribution in [0.3, 0.4) is 0 Å². The number of nitrogens with zero attached hydrogens (tertiary/aromatic N) is 3. The van der Waals surface area contributed by atoms with Gasteiger partial charge in [-0.05, 0) is 43.7 Å². The van der Waals surface area contributed by atoms with Gasteiger partial charge in [0.1, 0.15) is 5.76 Å². The van der Waals surface area contributed by atoms with Crippen molar-refractivity contribution in [3.63, 3.8) is 0 Å². The van der Waals surface area contributed by atoms with E-state index in [1.54, 1.807) is 25.1 Å². The lowest BCUT2D eigenvalue weighted by atomic mass is 10.2. The van der Waals surface area contributed by atoms with Gasteiger partial charge < -0.3 is 15.2 Å². The lowest BCUT2D eigenvalue weighted by molar-refractivity contribution is 0.102. The standard InChI is InChI=1S/C16H15N5O2/c1-10-4-3-5-12(8-10)17-16(22)13-6-7-14(20-19-13)18-15-9-11(2)23-21-15/h3-9H,1-2H3,(H,17,22)(H,18,20,21). The molecule has 0 aliphatic rings. The normalized spacial score (nSPS) is 10.3. The lowest BCUT2D eigenvalue weighted by Crippen LogP contribution is -2.14. The van der Waals surface area contributed by atoms with Crippen LogP contribution >= 0.6 is 0 Å². The van der Waals surface area contributed by atoms with Gasteiger partial charge >= 0.3 is 0 Å². The highest BCUT2D eigenvalue weighted by molar-refractivity contribution is 6.02. The molecule has 0 unspecified atom stereocenters. The fourth-order valence-corrected chi connectivity index (χ4v) is 1.99. The Balaban J connectivity index is 1.67.